The summed E-state index contributed by atoms with van der Waals surface area (Å²) in [5.74, 6) is 0.614. The van der Waals surface area contributed by atoms with Gasteiger partial charge in [0.2, 0.25) is 0 Å². The number of hydrogen-bond donors (Lipinski definition) is 0. The molecule has 4 nitrogen and oxygen atoms in total. The summed E-state index contributed by atoms with van der Waals surface area (Å²) in [5.41, 5.74) is 0.0437. The van der Waals surface area contributed by atoms with Crippen LogP contribution in [0.3, 0.4) is 0 Å². The summed E-state index contributed by atoms with van der Waals surface area (Å²) in [6.45, 7) is 3.78. The Labute approximate surface area is 110 Å². The van der Waals surface area contributed by atoms with Gasteiger partial charge in [0.1, 0.15) is 0 Å². The van der Waals surface area contributed by atoms with E-state index in [1.54, 1.807) is 17.0 Å². The highest BCUT2D eigenvalue weighted by molar-refractivity contribution is 9.09. The van der Waals surface area contributed by atoms with Crippen LogP contribution in [0, 0.1) is 0 Å². The second kappa shape index (κ2) is 5.67. The van der Waals surface area contributed by atoms with Crippen molar-refractivity contribution in [3.8, 4) is 0 Å². The quantitative estimate of drug-likeness (QED) is 0.799. The van der Waals surface area contributed by atoms with Gasteiger partial charge in [-0.25, -0.2) is 4.98 Å². The maximum absolute atomic E-state index is 12.3. The monoisotopic (exact) mass is 299 g/mol. The van der Waals surface area contributed by atoms with Gasteiger partial charge in [0.15, 0.2) is 5.82 Å². The van der Waals surface area contributed by atoms with Crippen LogP contribution in [-0.2, 0) is 6.54 Å². The van der Waals surface area contributed by atoms with E-state index >= 15 is 0 Å². The van der Waals surface area contributed by atoms with Crippen molar-refractivity contribution in [2.75, 3.05) is 16.8 Å². The molecule has 1 saturated heterocycles. The van der Waals surface area contributed by atoms with Crippen LogP contribution in [0.5, 0.6) is 0 Å². The molecule has 2 rings (SSSR count). The van der Waals surface area contributed by atoms with E-state index in [9.17, 15) is 4.79 Å². The molecule has 1 unspecified atom stereocenters. The van der Waals surface area contributed by atoms with Gasteiger partial charge >= 0.3 is 0 Å². The Morgan fingerprint density at radius 1 is 1.59 bits per heavy atom. The third-order valence-electron chi connectivity index (χ3n) is 3.19. The summed E-state index contributed by atoms with van der Waals surface area (Å²) < 4.78 is 1.76. The first-order chi connectivity index (χ1) is 8.27. The number of rotatable bonds is 4. The van der Waals surface area contributed by atoms with Crippen molar-refractivity contribution in [2.45, 2.75) is 38.8 Å². The van der Waals surface area contributed by atoms with Crippen molar-refractivity contribution < 1.29 is 0 Å². The van der Waals surface area contributed by atoms with Crippen LogP contribution in [0.4, 0.5) is 5.82 Å². The molecule has 1 aliphatic rings. The Balaban J connectivity index is 2.32. The van der Waals surface area contributed by atoms with Crippen molar-refractivity contribution in [3.63, 3.8) is 0 Å². The first-order valence-electron chi connectivity index (χ1n) is 6.16. The molecule has 94 valence electrons. The second-order valence-electron chi connectivity index (χ2n) is 4.39. The van der Waals surface area contributed by atoms with Crippen LogP contribution >= 0.6 is 15.9 Å². The third-order valence-corrected chi connectivity index (χ3v) is 3.93. The third kappa shape index (κ3) is 2.54. The summed E-state index contributed by atoms with van der Waals surface area (Å²) in [5, 5.41) is 0.900. The fourth-order valence-corrected chi connectivity index (χ4v) is 3.00. The molecule has 5 heteroatoms. The zero-order valence-electron chi connectivity index (χ0n) is 10.1. The van der Waals surface area contributed by atoms with Crippen LogP contribution in [0.15, 0.2) is 17.2 Å². The van der Waals surface area contributed by atoms with Crippen molar-refractivity contribution >= 4 is 21.7 Å². The molecule has 1 aromatic heterocycles. The highest BCUT2D eigenvalue weighted by atomic mass is 79.9. The molecular formula is C12H18BrN3O. The summed E-state index contributed by atoms with van der Waals surface area (Å²) in [6.07, 6.45) is 6.74. The zero-order valence-corrected chi connectivity index (χ0v) is 11.7. The first-order valence-corrected chi connectivity index (χ1v) is 7.28. The predicted octanol–water partition coefficient (Wildman–Crippen LogP) is 2.02. The van der Waals surface area contributed by atoms with Gasteiger partial charge in [-0.3, -0.25) is 4.79 Å². The minimum absolute atomic E-state index is 0.0437. The highest BCUT2D eigenvalue weighted by Crippen LogP contribution is 2.22. The minimum atomic E-state index is 0.0437. The van der Waals surface area contributed by atoms with Gasteiger partial charge in [-0.2, -0.15) is 0 Å². The summed E-state index contributed by atoms with van der Waals surface area (Å²) in [7, 11) is 0. The van der Waals surface area contributed by atoms with E-state index in [-0.39, 0.29) is 5.56 Å². The molecule has 2 heterocycles. The number of aryl methyl sites for hydroxylation is 1. The van der Waals surface area contributed by atoms with E-state index in [1.165, 1.54) is 0 Å². The molecule has 0 radical (unpaired) electrons. The van der Waals surface area contributed by atoms with E-state index in [1.807, 2.05) is 0 Å². The Bertz CT molecular complexity index is 432. The maximum Gasteiger partial charge on any atom is 0.293 e. The van der Waals surface area contributed by atoms with E-state index in [0.717, 1.165) is 37.7 Å². The SMILES string of the molecule is CCCn1ccnc(N2CCCC2CBr)c1=O. The Hall–Kier alpha value is -0.840. The Morgan fingerprint density at radius 2 is 2.41 bits per heavy atom. The summed E-state index contributed by atoms with van der Waals surface area (Å²) >= 11 is 3.51. The van der Waals surface area contributed by atoms with Crippen LogP contribution in [-0.4, -0.2) is 27.5 Å². The molecule has 0 saturated carbocycles. The Kier molecular flexibility index (Phi) is 4.20. The number of hydrogen-bond acceptors (Lipinski definition) is 3. The van der Waals surface area contributed by atoms with Crippen LogP contribution in [0.25, 0.3) is 0 Å². The summed E-state index contributed by atoms with van der Waals surface area (Å²) in [6, 6.07) is 0.410. The topological polar surface area (TPSA) is 38.1 Å². The lowest BCUT2D eigenvalue weighted by molar-refractivity contribution is 0.638. The van der Waals surface area contributed by atoms with Gasteiger partial charge in [0.05, 0.1) is 0 Å². The van der Waals surface area contributed by atoms with Gasteiger partial charge < -0.3 is 9.47 Å². The Morgan fingerprint density at radius 3 is 3.12 bits per heavy atom. The zero-order chi connectivity index (χ0) is 12.3. The van der Waals surface area contributed by atoms with Gasteiger partial charge in [-0.1, -0.05) is 22.9 Å². The molecule has 1 aromatic rings. The van der Waals surface area contributed by atoms with Gasteiger partial charge in [0.25, 0.3) is 5.56 Å². The lowest BCUT2D eigenvalue weighted by atomic mass is 10.2. The molecule has 0 aromatic carbocycles. The highest BCUT2D eigenvalue weighted by Gasteiger charge is 2.26. The first kappa shape index (κ1) is 12.6. The molecule has 0 bridgehead atoms. The largest absolute Gasteiger partial charge is 0.348 e. The molecule has 0 aliphatic carbocycles. The molecule has 0 amide bonds. The number of nitrogens with zero attached hydrogens (tertiary/aromatic N) is 3. The molecular weight excluding hydrogens is 282 g/mol. The molecule has 1 atom stereocenters. The summed E-state index contributed by atoms with van der Waals surface area (Å²) in [4.78, 5) is 18.7. The standard InChI is InChI=1S/C12H18BrN3O/c1-2-6-15-8-5-14-11(12(15)17)16-7-3-4-10(16)9-13/h5,8,10H,2-4,6-7,9H2,1H3. The molecule has 0 spiro atoms. The van der Waals surface area contributed by atoms with Crippen LogP contribution < -0.4 is 10.5 Å². The number of anilines is 1. The maximum atomic E-state index is 12.3. The van der Waals surface area contributed by atoms with Crippen molar-refractivity contribution in [1.29, 1.82) is 0 Å². The number of aromatic nitrogens is 2. The van der Waals surface area contributed by atoms with Crippen molar-refractivity contribution in [1.82, 2.24) is 9.55 Å². The normalized spacial score (nSPS) is 19.9. The molecule has 0 N–H and O–H groups in total. The lowest BCUT2D eigenvalue weighted by Gasteiger charge is -2.23. The van der Waals surface area contributed by atoms with Crippen molar-refractivity contribution in [3.05, 3.63) is 22.7 Å². The van der Waals surface area contributed by atoms with E-state index in [4.69, 9.17) is 0 Å². The van der Waals surface area contributed by atoms with Gasteiger partial charge in [-0.15, -0.1) is 0 Å². The van der Waals surface area contributed by atoms with Crippen molar-refractivity contribution in [2.24, 2.45) is 0 Å². The van der Waals surface area contributed by atoms with E-state index < -0.39 is 0 Å². The van der Waals surface area contributed by atoms with Gasteiger partial charge in [-0.05, 0) is 19.3 Å². The second-order valence-corrected chi connectivity index (χ2v) is 5.04. The lowest BCUT2D eigenvalue weighted by Crippen LogP contribution is -2.37. The minimum Gasteiger partial charge on any atom is -0.348 e. The molecule has 1 aliphatic heterocycles. The van der Waals surface area contributed by atoms with Crippen LogP contribution in [0.2, 0.25) is 0 Å². The average Bonchev–Trinajstić information content (AvgIpc) is 2.80. The van der Waals surface area contributed by atoms with E-state index in [2.05, 4.69) is 32.7 Å². The van der Waals surface area contributed by atoms with Crippen LogP contribution in [0.1, 0.15) is 26.2 Å². The predicted molar refractivity (Wildman–Crippen MR) is 73.0 cm³/mol. The molecule has 17 heavy (non-hydrogen) atoms. The molecule has 1 fully saturated rings. The van der Waals surface area contributed by atoms with E-state index in [0.29, 0.717) is 11.9 Å². The number of alkyl halides is 1. The number of halogens is 1. The fraction of sp³-hybridized carbons (Fsp3) is 0.667. The van der Waals surface area contributed by atoms with Gasteiger partial charge in [0, 0.05) is 36.9 Å². The smallest absolute Gasteiger partial charge is 0.293 e. The average molecular weight is 300 g/mol. The fourth-order valence-electron chi connectivity index (χ4n) is 2.32.